The van der Waals surface area contributed by atoms with Crippen LogP contribution in [0.5, 0.6) is 0 Å². The Morgan fingerprint density at radius 2 is 1.38 bits per heavy atom. The molecule has 2 aromatic carbocycles. The zero-order chi connectivity index (χ0) is 17.8. The van der Waals surface area contributed by atoms with Crippen molar-refractivity contribution < 1.29 is 17.7 Å². The third-order valence-corrected chi connectivity index (χ3v) is 5.12. The molecule has 0 aliphatic carbocycles. The highest BCUT2D eigenvalue weighted by atomic mass is 32.2. The zero-order valence-electron chi connectivity index (χ0n) is 14.2. The molecule has 0 saturated carbocycles. The van der Waals surface area contributed by atoms with Crippen LogP contribution in [0, 0.1) is 5.41 Å². The van der Waals surface area contributed by atoms with Gasteiger partial charge in [0.1, 0.15) is 11.4 Å². The third kappa shape index (κ3) is 4.90. The molecule has 130 valence electrons. The van der Waals surface area contributed by atoms with E-state index in [0.29, 0.717) is 11.1 Å². The van der Waals surface area contributed by atoms with Crippen LogP contribution in [0.2, 0.25) is 0 Å². The summed E-state index contributed by atoms with van der Waals surface area (Å²) in [5.74, 6) is 0. The van der Waals surface area contributed by atoms with Crippen LogP contribution in [0.4, 0.5) is 0 Å². The van der Waals surface area contributed by atoms with Gasteiger partial charge < -0.3 is 5.11 Å². The summed E-state index contributed by atoms with van der Waals surface area (Å²) in [4.78, 5) is 0. The number of aliphatic hydroxyl groups excluding tert-OH is 1. The van der Waals surface area contributed by atoms with E-state index in [2.05, 4.69) is 0 Å². The fourth-order valence-electron chi connectivity index (χ4n) is 2.31. The molecule has 0 saturated heterocycles. The molecule has 2 rings (SSSR count). The SMILES string of the molecule is CC(C)(C)COS(=O)(=O)[C@H](c1ccccc1)[C@H](O)c1ccccc1. The predicted octanol–water partition coefficient (Wildman–Crippen LogP) is 3.85. The molecule has 0 spiro atoms. The van der Waals surface area contributed by atoms with Gasteiger partial charge in [0, 0.05) is 0 Å². The second kappa shape index (κ2) is 7.47. The molecule has 0 bridgehead atoms. The van der Waals surface area contributed by atoms with Gasteiger partial charge in [-0.1, -0.05) is 81.4 Å². The van der Waals surface area contributed by atoms with E-state index < -0.39 is 21.5 Å². The molecule has 0 heterocycles. The summed E-state index contributed by atoms with van der Waals surface area (Å²) in [7, 11) is -4.01. The first-order chi connectivity index (χ1) is 11.2. The highest BCUT2D eigenvalue weighted by Gasteiger charge is 2.36. The van der Waals surface area contributed by atoms with Gasteiger partial charge in [-0.15, -0.1) is 0 Å². The number of hydrogen-bond acceptors (Lipinski definition) is 4. The van der Waals surface area contributed by atoms with Gasteiger partial charge in [0.25, 0.3) is 10.1 Å². The average Bonchev–Trinajstić information content (AvgIpc) is 2.54. The minimum atomic E-state index is -4.01. The maximum absolute atomic E-state index is 12.8. The summed E-state index contributed by atoms with van der Waals surface area (Å²) in [6, 6.07) is 17.4. The predicted molar refractivity (Wildman–Crippen MR) is 94.9 cm³/mol. The Balaban J connectivity index is 2.40. The Bertz CT molecular complexity index is 734. The van der Waals surface area contributed by atoms with Gasteiger partial charge in [-0.3, -0.25) is 4.18 Å². The molecule has 2 atom stereocenters. The van der Waals surface area contributed by atoms with Crippen molar-refractivity contribution >= 4 is 10.1 Å². The number of rotatable bonds is 6. The smallest absolute Gasteiger partial charge is 0.277 e. The Kier molecular flexibility index (Phi) is 5.80. The van der Waals surface area contributed by atoms with E-state index in [9.17, 15) is 13.5 Å². The number of aliphatic hydroxyl groups is 1. The van der Waals surface area contributed by atoms with Crippen LogP contribution in [-0.2, 0) is 14.3 Å². The molecule has 0 unspecified atom stereocenters. The van der Waals surface area contributed by atoms with Gasteiger partial charge in [0.2, 0.25) is 0 Å². The van der Waals surface area contributed by atoms with Crippen molar-refractivity contribution in [3.63, 3.8) is 0 Å². The summed E-state index contributed by atoms with van der Waals surface area (Å²) < 4.78 is 30.9. The lowest BCUT2D eigenvalue weighted by Crippen LogP contribution is -2.26. The van der Waals surface area contributed by atoms with E-state index in [0.717, 1.165) is 0 Å². The van der Waals surface area contributed by atoms with E-state index in [4.69, 9.17) is 4.18 Å². The van der Waals surface area contributed by atoms with Crippen molar-refractivity contribution in [2.24, 2.45) is 5.41 Å². The average molecular weight is 348 g/mol. The standard InChI is InChI=1S/C19H24O4S/c1-19(2,3)14-23-24(21,22)18(16-12-8-5-9-13-16)17(20)15-10-6-4-7-11-15/h4-13,17-18,20H,14H2,1-3H3/t17-,18-/m1/s1. The van der Waals surface area contributed by atoms with Gasteiger partial charge in [0.05, 0.1) is 6.61 Å². The molecule has 1 N–H and O–H groups in total. The van der Waals surface area contributed by atoms with Crippen LogP contribution in [0.15, 0.2) is 60.7 Å². The summed E-state index contributed by atoms with van der Waals surface area (Å²) in [5, 5.41) is 9.56. The first-order valence-electron chi connectivity index (χ1n) is 7.87. The largest absolute Gasteiger partial charge is 0.387 e. The third-order valence-electron chi connectivity index (χ3n) is 3.52. The second-order valence-electron chi connectivity index (χ2n) is 7.00. The van der Waals surface area contributed by atoms with Crippen molar-refractivity contribution in [3.8, 4) is 0 Å². The van der Waals surface area contributed by atoms with Crippen LogP contribution in [0.25, 0.3) is 0 Å². The van der Waals surface area contributed by atoms with E-state index in [1.54, 1.807) is 54.6 Å². The van der Waals surface area contributed by atoms with Gasteiger partial charge in [-0.2, -0.15) is 8.42 Å². The Morgan fingerprint density at radius 3 is 1.83 bits per heavy atom. The van der Waals surface area contributed by atoms with Crippen LogP contribution >= 0.6 is 0 Å². The molecule has 0 aromatic heterocycles. The molecular formula is C19H24O4S. The lowest BCUT2D eigenvalue weighted by molar-refractivity contribution is 0.153. The van der Waals surface area contributed by atoms with E-state index >= 15 is 0 Å². The zero-order valence-corrected chi connectivity index (χ0v) is 15.0. The first-order valence-corrected chi connectivity index (χ1v) is 9.34. The van der Waals surface area contributed by atoms with Crippen LogP contribution in [0.1, 0.15) is 43.3 Å². The van der Waals surface area contributed by atoms with E-state index in [-0.39, 0.29) is 12.0 Å². The Labute approximate surface area is 144 Å². The molecule has 4 nitrogen and oxygen atoms in total. The van der Waals surface area contributed by atoms with Gasteiger partial charge in [0.15, 0.2) is 0 Å². The quantitative estimate of drug-likeness (QED) is 0.805. The lowest BCUT2D eigenvalue weighted by atomic mass is 9.99. The summed E-state index contributed by atoms with van der Waals surface area (Å²) >= 11 is 0. The summed E-state index contributed by atoms with van der Waals surface area (Å²) in [6.07, 6.45) is -1.21. The molecular weight excluding hydrogens is 324 g/mol. The fraction of sp³-hybridized carbons (Fsp3) is 0.368. The Morgan fingerprint density at radius 1 is 0.917 bits per heavy atom. The highest BCUT2D eigenvalue weighted by Crippen LogP contribution is 2.37. The van der Waals surface area contributed by atoms with Crippen LogP contribution in [-0.4, -0.2) is 20.1 Å². The first kappa shape index (κ1) is 18.6. The van der Waals surface area contributed by atoms with Gasteiger partial charge in [-0.25, -0.2) is 0 Å². The molecule has 0 aliphatic heterocycles. The minimum Gasteiger partial charge on any atom is -0.387 e. The Hall–Kier alpha value is -1.69. The summed E-state index contributed by atoms with van der Waals surface area (Å²) in [5.41, 5.74) is 0.739. The van der Waals surface area contributed by atoms with Crippen molar-refractivity contribution in [1.29, 1.82) is 0 Å². The molecule has 0 radical (unpaired) electrons. The van der Waals surface area contributed by atoms with Crippen LogP contribution < -0.4 is 0 Å². The van der Waals surface area contributed by atoms with Gasteiger partial charge >= 0.3 is 0 Å². The monoisotopic (exact) mass is 348 g/mol. The maximum Gasteiger partial charge on any atom is 0.277 e. The van der Waals surface area contributed by atoms with Gasteiger partial charge in [-0.05, 0) is 16.5 Å². The van der Waals surface area contributed by atoms with Crippen molar-refractivity contribution in [2.45, 2.75) is 32.1 Å². The minimum absolute atomic E-state index is 0.0557. The van der Waals surface area contributed by atoms with Crippen molar-refractivity contribution in [2.75, 3.05) is 6.61 Å². The highest BCUT2D eigenvalue weighted by molar-refractivity contribution is 7.87. The molecule has 5 heteroatoms. The number of hydrogen-bond donors (Lipinski definition) is 1. The molecule has 0 fully saturated rings. The van der Waals surface area contributed by atoms with Crippen molar-refractivity contribution in [1.82, 2.24) is 0 Å². The topological polar surface area (TPSA) is 63.6 Å². The second-order valence-corrected chi connectivity index (χ2v) is 8.73. The molecule has 0 amide bonds. The molecule has 24 heavy (non-hydrogen) atoms. The normalized spacial score (nSPS) is 15.0. The molecule has 2 aromatic rings. The van der Waals surface area contributed by atoms with E-state index in [1.807, 2.05) is 26.8 Å². The van der Waals surface area contributed by atoms with E-state index in [1.165, 1.54) is 0 Å². The molecule has 0 aliphatic rings. The number of benzene rings is 2. The fourth-order valence-corrected chi connectivity index (χ4v) is 3.93. The summed E-state index contributed by atoms with van der Waals surface area (Å²) in [6.45, 7) is 5.75. The van der Waals surface area contributed by atoms with Crippen LogP contribution in [0.3, 0.4) is 0 Å². The lowest BCUT2D eigenvalue weighted by Gasteiger charge is -2.25. The van der Waals surface area contributed by atoms with Crippen molar-refractivity contribution in [3.05, 3.63) is 71.8 Å². The maximum atomic E-state index is 12.8.